The molecule has 2 N–H and O–H groups in total. The van der Waals surface area contributed by atoms with Crippen molar-refractivity contribution in [2.24, 2.45) is 0 Å². The Bertz CT molecular complexity index is 744. The van der Waals surface area contributed by atoms with Gasteiger partial charge >= 0.3 is 5.97 Å². The van der Waals surface area contributed by atoms with Gasteiger partial charge < -0.3 is 15.4 Å². The molecule has 1 aliphatic rings. The second kappa shape index (κ2) is 10.6. The molecule has 7 heteroatoms. The quantitative estimate of drug-likeness (QED) is 0.469. The predicted octanol–water partition coefficient (Wildman–Crippen LogP) is 1.71. The van der Waals surface area contributed by atoms with Crippen molar-refractivity contribution in [2.75, 3.05) is 13.2 Å². The number of carbonyl (C=O) groups excluding carboxylic acids is 4. The largest absolute Gasteiger partial charge is 0.456 e. The van der Waals surface area contributed by atoms with Crippen molar-refractivity contribution < 1.29 is 23.9 Å². The summed E-state index contributed by atoms with van der Waals surface area (Å²) in [6.07, 6.45) is 3.90. The van der Waals surface area contributed by atoms with Crippen LogP contribution in [-0.2, 0) is 32.0 Å². The number of ketones is 1. The van der Waals surface area contributed by atoms with Gasteiger partial charge in [0, 0.05) is 18.5 Å². The Morgan fingerprint density at radius 2 is 1.86 bits per heavy atom. The van der Waals surface area contributed by atoms with E-state index in [2.05, 4.69) is 10.6 Å². The fourth-order valence-electron chi connectivity index (χ4n) is 3.07. The third kappa shape index (κ3) is 6.48. The maximum Gasteiger partial charge on any atom is 0.306 e. The summed E-state index contributed by atoms with van der Waals surface area (Å²) in [4.78, 5) is 47.5. The fourth-order valence-corrected chi connectivity index (χ4v) is 3.07. The van der Waals surface area contributed by atoms with E-state index in [1.54, 1.807) is 13.0 Å². The van der Waals surface area contributed by atoms with Crippen molar-refractivity contribution >= 4 is 23.6 Å². The van der Waals surface area contributed by atoms with Crippen molar-refractivity contribution in [3.63, 3.8) is 0 Å². The Kier molecular flexibility index (Phi) is 8.17. The first-order chi connectivity index (χ1) is 13.4. The topological polar surface area (TPSA) is 102 Å². The lowest BCUT2D eigenvalue weighted by Crippen LogP contribution is -2.46. The van der Waals surface area contributed by atoms with Gasteiger partial charge in [-0.25, -0.2) is 0 Å². The zero-order chi connectivity index (χ0) is 20.5. The molecular formula is C21H28N2O5. The standard InChI is InChI=1S/C21H28N2O5/c1-3-11-22-21(27)14(2)23-19(25)13-28-20(26)10-9-18(24)17-8-7-15-5-4-6-16(15)12-17/h7-8,12,14H,3-6,9-11,13H2,1-2H3,(H,22,27)(H,23,25)/t14-/m0/s1. The van der Waals surface area contributed by atoms with Gasteiger partial charge in [-0.1, -0.05) is 19.1 Å². The summed E-state index contributed by atoms with van der Waals surface area (Å²) < 4.78 is 4.89. The van der Waals surface area contributed by atoms with Crippen LogP contribution in [0.1, 0.15) is 61.0 Å². The third-order valence-electron chi connectivity index (χ3n) is 4.66. The molecule has 1 atom stereocenters. The van der Waals surface area contributed by atoms with Gasteiger partial charge in [-0.15, -0.1) is 0 Å². The van der Waals surface area contributed by atoms with Crippen LogP contribution in [-0.4, -0.2) is 42.8 Å². The highest BCUT2D eigenvalue weighted by molar-refractivity contribution is 5.98. The van der Waals surface area contributed by atoms with Crippen molar-refractivity contribution in [1.29, 1.82) is 0 Å². The molecule has 0 saturated carbocycles. The number of fused-ring (bicyclic) bond motifs is 1. The van der Waals surface area contributed by atoms with Crippen molar-refractivity contribution in [3.05, 3.63) is 34.9 Å². The molecule has 0 radical (unpaired) electrons. The minimum atomic E-state index is -0.709. The second-order valence-corrected chi connectivity index (χ2v) is 7.00. The van der Waals surface area contributed by atoms with Crippen molar-refractivity contribution in [3.8, 4) is 0 Å². The first-order valence-electron chi connectivity index (χ1n) is 9.78. The van der Waals surface area contributed by atoms with Crippen LogP contribution < -0.4 is 10.6 Å². The Balaban J connectivity index is 1.68. The van der Waals surface area contributed by atoms with Crippen LogP contribution in [0.25, 0.3) is 0 Å². The molecule has 2 rings (SSSR count). The highest BCUT2D eigenvalue weighted by atomic mass is 16.5. The number of Topliss-reactive ketones (excluding diaryl/α,β-unsaturated/α-hetero) is 1. The van der Waals surface area contributed by atoms with Gasteiger partial charge in [0.05, 0.1) is 6.42 Å². The number of ether oxygens (including phenoxy) is 1. The summed E-state index contributed by atoms with van der Waals surface area (Å²) in [5.41, 5.74) is 3.11. The highest BCUT2D eigenvalue weighted by Crippen LogP contribution is 2.23. The molecule has 0 fully saturated rings. The minimum absolute atomic E-state index is 0.0368. The van der Waals surface area contributed by atoms with Crippen LogP contribution in [0.5, 0.6) is 0 Å². The molecule has 0 bridgehead atoms. The number of benzene rings is 1. The van der Waals surface area contributed by atoms with Gasteiger partial charge in [-0.05, 0) is 49.8 Å². The van der Waals surface area contributed by atoms with E-state index in [4.69, 9.17) is 4.74 Å². The summed E-state index contributed by atoms with van der Waals surface area (Å²) in [5.74, 6) is -1.58. The van der Waals surface area contributed by atoms with Crippen LogP contribution in [0.2, 0.25) is 0 Å². The third-order valence-corrected chi connectivity index (χ3v) is 4.66. The Morgan fingerprint density at radius 3 is 2.61 bits per heavy atom. The van der Waals surface area contributed by atoms with Crippen LogP contribution in [0, 0.1) is 0 Å². The smallest absolute Gasteiger partial charge is 0.306 e. The molecule has 1 aromatic rings. The molecule has 28 heavy (non-hydrogen) atoms. The first kappa shape index (κ1) is 21.6. The maximum absolute atomic E-state index is 12.3. The summed E-state index contributed by atoms with van der Waals surface area (Å²) >= 11 is 0. The molecule has 152 valence electrons. The molecule has 0 unspecified atom stereocenters. The number of esters is 1. The monoisotopic (exact) mass is 388 g/mol. The minimum Gasteiger partial charge on any atom is -0.456 e. The van der Waals surface area contributed by atoms with E-state index in [1.165, 1.54) is 11.1 Å². The number of hydrogen-bond donors (Lipinski definition) is 2. The van der Waals surface area contributed by atoms with Crippen molar-refractivity contribution in [2.45, 2.75) is 58.4 Å². The lowest BCUT2D eigenvalue weighted by molar-refractivity contribution is -0.148. The van der Waals surface area contributed by atoms with E-state index in [0.717, 1.165) is 25.7 Å². The normalized spacial score (nSPS) is 13.4. The number of carbonyl (C=O) groups is 4. The number of nitrogens with one attached hydrogen (secondary N) is 2. The lowest BCUT2D eigenvalue weighted by Gasteiger charge is -2.13. The molecule has 0 aromatic heterocycles. The summed E-state index contributed by atoms with van der Waals surface area (Å²) in [6.45, 7) is 3.54. The molecule has 0 saturated heterocycles. The molecule has 1 aliphatic carbocycles. The Labute approximate surface area is 165 Å². The molecule has 7 nitrogen and oxygen atoms in total. The number of amides is 2. The van der Waals surface area contributed by atoms with Crippen LogP contribution in [0.3, 0.4) is 0 Å². The Hall–Kier alpha value is -2.70. The van der Waals surface area contributed by atoms with Gasteiger partial charge in [0.1, 0.15) is 6.04 Å². The van der Waals surface area contributed by atoms with E-state index >= 15 is 0 Å². The number of rotatable bonds is 10. The Morgan fingerprint density at radius 1 is 1.11 bits per heavy atom. The van der Waals surface area contributed by atoms with E-state index in [1.807, 2.05) is 19.1 Å². The molecular weight excluding hydrogens is 360 g/mol. The predicted molar refractivity (Wildman–Crippen MR) is 104 cm³/mol. The zero-order valence-corrected chi connectivity index (χ0v) is 16.5. The molecule has 2 amide bonds. The van der Waals surface area contributed by atoms with Crippen LogP contribution in [0.4, 0.5) is 0 Å². The molecule has 0 aliphatic heterocycles. The summed E-state index contributed by atoms with van der Waals surface area (Å²) in [7, 11) is 0. The van der Waals surface area contributed by atoms with E-state index in [9.17, 15) is 19.2 Å². The van der Waals surface area contributed by atoms with Crippen LogP contribution >= 0.6 is 0 Å². The summed E-state index contributed by atoms with van der Waals surface area (Å²) in [6, 6.07) is 4.99. The average molecular weight is 388 g/mol. The fraction of sp³-hybridized carbons (Fsp3) is 0.524. The number of aryl methyl sites for hydroxylation is 2. The molecule has 0 spiro atoms. The van der Waals surface area contributed by atoms with Gasteiger partial charge in [0.2, 0.25) is 5.91 Å². The average Bonchev–Trinajstić information content (AvgIpc) is 3.16. The van der Waals surface area contributed by atoms with Gasteiger partial charge in [0.15, 0.2) is 12.4 Å². The van der Waals surface area contributed by atoms with Gasteiger partial charge in [-0.2, -0.15) is 0 Å². The first-order valence-corrected chi connectivity index (χ1v) is 9.78. The van der Waals surface area contributed by atoms with E-state index < -0.39 is 24.5 Å². The van der Waals surface area contributed by atoms with E-state index in [0.29, 0.717) is 12.1 Å². The van der Waals surface area contributed by atoms with Crippen LogP contribution in [0.15, 0.2) is 18.2 Å². The van der Waals surface area contributed by atoms with Gasteiger partial charge in [0.25, 0.3) is 5.91 Å². The molecule has 0 heterocycles. The molecule has 1 aromatic carbocycles. The zero-order valence-electron chi connectivity index (χ0n) is 16.5. The SMILES string of the molecule is CCCNC(=O)[C@H](C)NC(=O)COC(=O)CCC(=O)c1ccc2c(c1)CCC2. The van der Waals surface area contributed by atoms with E-state index in [-0.39, 0.29) is 24.5 Å². The lowest BCUT2D eigenvalue weighted by atomic mass is 10.0. The second-order valence-electron chi connectivity index (χ2n) is 7.00. The highest BCUT2D eigenvalue weighted by Gasteiger charge is 2.18. The maximum atomic E-state index is 12.3. The van der Waals surface area contributed by atoms with Gasteiger partial charge in [-0.3, -0.25) is 19.2 Å². The van der Waals surface area contributed by atoms with Crippen molar-refractivity contribution in [1.82, 2.24) is 10.6 Å². The summed E-state index contributed by atoms with van der Waals surface area (Å²) in [5, 5.41) is 5.13. The number of hydrogen-bond acceptors (Lipinski definition) is 5.